The maximum absolute atomic E-state index is 12.2. The molecule has 22 heavy (non-hydrogen) atoms. The van der Waals surface area contributed by atoms with Gasteiger partial charge >= 0.3 is 5.97 Å². The third kappa shape index (κ3) is 3.96. The molecule has 1 aromatic heterocycles. The lowest BCUT2D eigenvalue weighted by Gasteiger charge is -2.13. The van der Waals surface area contributed by atoms with Crippen LogP contribution in [0, 0.1) is 0 Å². The number of nitrogens with one attached hydrogen (secondary N) is 2. The number of aromatic amines is 1. The Bertz CT molecular complexity index is 686. The second-order valence-electron chi connectivity index (χ2n) is 4.74. The molecule has 0 saturated heterocycles. The number of thioether (sulfide) groups is 1. The van der Waals surface area contributed by atoms with E-state index in [9.17, 15) is 14.7 Å². The van der Waals surface area contributed by atoms with Gasteiger partial charge in [0.25, 0.3) is 5.91 Å². The standard InChI is InChI=1S/C15H17ClN2O3S/c1-2-22-7-6-11(15(20)21)18-14(19)12-8-9-4-3-5-10(16)13(9)17-12/h3-5,8,11,17H,2,6-7H2,1H3,(H,18,19)(H,20,21). The lowest BCUT2D eigenvalue weighted by atomic mass is 10.2. The van der Waals surface area contributed by atoms with E-state index in [1.54, 1.807) is 30.0 Å². The van der Waals surface area contributed by atoms with Gasteiger partial charge in [0.15, 0.2) is 0 Å². The Morgan fingerprint density at radius 1 is 1.45 bits per heavy atom. The lowest BCUT2D eigenvalue weighted by molar-refractivity contribution is -0.139. The van der Waals surface area contributed by atoms with Gasteiger partial charge in [0, 0.05) is 5.39 Å². The van der Waals surface area contributed by atoms with Gasteiger partial charge in [-0.25, -0.2) is 4.79 Å². The van der Waals surface area contributed by atoms with Gasteiger partial charge in [-0.05, 0) is 30.1 Å². The Balaban J connectivity index is 2.11. The van der Waals surface area contributed by atoms with E-state index >= 15 is 0 Å². The van der Waals surface area contributed by atoms with Crippen molar-refractivity contribution in [1.29, 1.82) is 0 Å². The molecule has 1 atom stereocenters. The highest BCUT2D eigenvalue weighted by molar-refractivity contribution is 7.99. The summed E-state index contributed by atoms with van der Waals surface area (Å²) in [5.41, 5.74) is 0.972. The molecular formula is C15H17ClN2O3S. The van der Waals surface area contributed by atoms with E-state index in [0.29, 0.717) is 28.4 Å². The Kier molecular flexibility index (Phi) is 5.74. The average Bonchev–Trinajstić information content (AvgIpc) is 2.92. The summed E-state index contributed by atoms with van der Waals surface area (Å²) in [5, 5.41) is 13.1. The molecule has 0 aliphatic carbocycles. The molecule has 2 rings (SSSR count). The van der Waals surface area contributed by atoms with Crippen LogP contribution in [0.2, 0.25) is 5.02 Å². The van der Waals surface area contributed by atoms with Crippen molar-refractivity contribution >= 4 is 46.1 Å². The molecule has 0 spiro atoms. The largest absolute Gasteiger partial charge is 0.480 e. The quantitative estimate of drug-likeness (QED) is 0.676. The number of H-pyrrole nitrogens is 1. The number of rotatable bonds is 7. The van der Waals surface area contributed by atoms with E-state index in [4.69, 9.17) is 11.6 Å². The van der Waals surface area contributed by atoms with Gasteiger partial charge in [0.1, 0.15) is 11.7 Å². The van der Waals surface area contributed by atoms with Crippen LogP contribution in [0.5, 0.6) is 0 Å². The van der Waals surface area contributed by atoms with Gasteiger partial charge < -0.3 is 15.4 Å². The van der Waals surface area contributed by atoms with Crippen molar-refractivity contribution < 1.29 is 14.7 Å². The highest BCUT2D eigenvalue weighted by atomic mass is 35.5. The fraction of sp³-hybridized carbons (Fsp3) is 0.333. The predicted molar refractivity (Wildman–Crippen MR) is 89.8 cm³/mol. The molecule has 1 heterocycles. The summed E-state index contributed by atoms with van der Waals surface area (Å²) in [6.45, 7) is 2.01. The maximum atomic E-state index is 12.2. The Morgan fingerprint density at radius 2 is 2.23 bits per heavy atom. The molecule has 0 fully saturated rings. The molecule has 118 valence electrons. The van der Waals surface area contributed by atoms with Crippen LogP contribution in [-0.4, -0.2) is 39.5 Å². The Morgan fingerprint density at radius 3 is 2.86 bits per heavy atom. The SMILES string of the molecule is CCSCCC(NC(=O)c1cc2cccc(Cl)c2[nH]1)C(=O)O. The molecule has 0 aliphatic heterocycles. The van der Waals surface area contributed by atoms with E-state index < -0.39 is 17.9 Å². The van der Waals surface area contributed by atoms with Crippen molar-refractivity contribution in [2.75, 3.05) is 11.5 Å². The first-order valence-electron chi connectivity index (χ1n) is 6.91. The van der Waals surface area contributed by atoms with Gasteiger partial charge in [0.05, 0.1) is 10.5 Å². The summed E-state index contributed by atoms with van der Waals surface area (Å²) in [6.07, 6.45) is 0.389. The van der Waals surface area contributed by atoms with Crippen molar-refractivity contribution in [3.8, 4) is 0 Å². The van der Waals surface area contributed by atoms with E-state index in [-0.39, 0.29) is 0 Å². The average molecular weight is 341 g/mol. The summed E-state index contributed by atoms with van der Waals surface area (Å²) < 4.78 is 0. The van der Waals surface area contributed by atoms with Crippen LogP contribution in [0.25, 0.3) is 10.9 Å². The monoisotopic (exact) mass is 340 g/mol. The second-order valence-corrected chi connectivity index (χ2v) is 6.54. The van der Waals surface area contributed by atoms with Gasteiger partial charge in [-0.3, -0.25) is 4.79 Å². The Labute approximate surface area is 137 Å². The highest BCUT2D eigenvalue weighted by Crippen LogP contribution is 2.23. The number of aliphatic carboxylic acids is 1. The maximum Gasteiger partial charge on any atom is 0.326 e. The number of para-hydroxylation sites is 1. The number of halogens is 1. The molecule has 5 nitrogen and oxygen atoms in total. The lowest BCUT2D eigenvalue weighted by Crippen LogP contribution is -2.41. The number of benzene rings is 1. The molecule has 0 saturated carbocycles. The van der Waals surface area contributed by atoms with Crippen LogP contribution in [-0.2, 0) is 4.79 Å². The highest BCUT2D eigenvalue weighted by Gasteiger charge is 2.21. The molecule has 1 amide bonds. The van der Waals surface area contributed by atoms with Gasteiger partial charge in [-0.15, -0.1) is 0 Å². The van der Waals surface area contributed by atoms with Gasteiger partial charge in [0.2, 0.25) is 0 Å². The van der Waals surface area contributed by atoms with E-state index in [1.807, 2.05) is 13.0 Å². The number of fused-ring (bicyclic) bond motifs is 1. The normalized spacial score (nSPS) is 12.3. The molecule has 0 bridgehead atoms. The van der Waals surface area contributed by atoms with Crippen LogP contribution in [0.1, 0.15) is 23.8 Å². The summed E-state index contributed by atoms with van der Waals surface area (Å²) >= 11 is 7.70. The third-order valence-electron chi connectivity index (χ3n) is 3.21. The summed E-state index contributed by atoms with van der Waals surface area (Å²) in [4.78, 5) is 26.4. The minimum Gasteiger partial charge on any atom is -0.480 e. The summed E-state index contributed by atoms with van der Waals surface area (Å²) in [7, 11) is 0. The fourth-order valence-electron chi connectivity index (χ4n) is 2.08. The van der Waals surface area contributed by atoms with Crippen LogP contribution in [0.4, 0.5) is 0 Å². The zero-order valence-corrected chi connectivity index (χ0v) is 13.6. The predicted octanol–water partition coefficient (Wildman–Crippen LogP) is 3.15. The zero-order valence-electron chi connectivity index (χ0n) is 12.1. The van der Waals surface area contributed by atoms with Crippen LogP contribution < -0.4 is 5.32 Å². The van der Waals surface area contributed by atoms with Crippen molar-refractivity contribution in [3.63, 3.8) is 0 Å². The number of carboxylic acid groups (broad SMARTS) is 1. The molecule has 1 unspecified atom stereocenters. The zero-order chi connectivity index (χ0) is 16.1. The number of hydrogen-bond acceptors (Lipinski definition) is 3. The molecule has 7 heteroatoms. The number of carboxylic acids is 1. The number of aromatic nitrogens is 1. The minimum absolute atomic E-state index is 0.303. The van der Waals surface area contributed by atoms with Crippen LogP contribution in [0.3, 0.4) is 0 Å². The second kappa shape index (κ2) is 7.56. The summed E-state index contributed by atoms with van der Waals surface area (Å²) in [6, 6.07) is 6.12. The molecule has 0 radical (unpaired) electrons. The molecule has 2 aromatic rings. The number of amides is 1. The first kappa shape index (κ1) is 16.7. The Hall–Kier alpha value is -1.66. The van der Waals surface area contributed by atoms with Crippen molar-refractivity contribution in [1.82, 2.24) is 10.3 Å². The molecule has 0 aliphatic rings. The van der Waals surface area contributed by atoms with Gasteiger partial charge in [-0.2, -0.15) is 11.8 Å². The first-order valence-corrected chi connectivity index (χ1v) is 8.44. The first-order chi connectivity index (χ1) is 10.5. The number of hydrogen-bond donors (Lipinski definition) is 3. The topological polar surface area (TPSA) is 82.2 Å². The van der Waals surface area contributed by atoms with Gasteiger partial charge in [-0.1, -0.05) is 30.7 Å². The molecule has 1 aromatic carbocycles. The molecule has 3 N–H and O–H groups in total. The van der Waals surface area contributed by atoms with Crippen LogP contribution in [0.15, 0.2) is 24.3 Å². The minimum atomic E-state index is -1.03. The summed E-state index contributed by atoms with van der Waals surface area (Å²) in [5.74, 6) is 0.132. The molecular weight excluding hydrogens is 324 g/mol. The van der Waals surface area contributed by atoms with Crippen molar-refractivity contribution in [2.45, 2.75) is 19.4 Å². The van der Waals surface area contributed by atoms with E-state index in [0.717, 1.165) is 11.1 Å². The van der Waals surface area contributed by atoms with E-state index in [2.05, 4.69) is 10.3 Å². The third-order valence-corrected chi connectivity index (χ3v) is 4.46. The number of carbonyl (C=O) groups excluding carboxylic acids is 1. The van der Waals surface area contributed by atoms with Crippen molar-refractivity contribution in [3.05, 3.63) is 35.0 Å². The fourth-order valence-corrected chi connectivity index (χ4v) is 3.00. The number of carbonyl (C=O) groups is 2. The van der Waals surface area contributed by atoms with Crippen LogP contribution >= 0.6 is 23.4 Å². The smallest absolute Gasteiger partial charge is 0.326 e. The van der Waals surface area contributed by atoms with Crippen molar-refractivity contribution in [2.24, 2.45) is 0 Å². The van der Waals surface area contributed by atoms with E-state index in [1.165, 1.54) is 0 Å².